The fraction of sp³-hybridized carbons (Fsp3) is 0.438. The molecular formula is C16H20ClN3. The fourth-order valence-electron chi connectivity index (χ4n) is 2.99. The van der Waals surface area contributed by atoms with E-state index >= 15 is 0 Å². The molecule has 0 saturated carbocycles. The van der Waals surface area contributed by atoms with Gasteiger partial charge in [0.2, 0.25) is 0 Å². The van der Waals surface area contributed by atoms with Crippen molar-refractivity contribution in [3.05, 3.63) is 52.8 Å². The summed E-state index contributed by atoms with van der Waals surface area (Å²) >= 11 is 5.93. The van der Waals surface area contributed by atoms with Crippen LogP contribution in [0.3, 0.4) is 0 Å². The number of hydrogen-bond donors (Lipinski definition) is 0. The van der Waals surface area contributed by atoms with Crippen molar-refractivity contribution < 1.29 is 0 Å². The molecular weight excluding hydrogens is 270 g/mol. The largest absolute Gasteiger partial charge is 0.299 e. The third-order valence-corrected chi connectivity index (χ3v) is 4.22. The molecule has 1 fully saturated rings. The Morgan fingerprint density at radius 2 is 2.05 bits per heavy atom. The Hall–Kier alpha value is -1.32. The van der Waals surface area contributed by atoms with Gasteiger partial charge in [-0.3, -0.25) is 9.58 Å². The molecule has 0 bridgehead atoms. The lowest BCUT2D eigenvalue weighted by Gasteiger charge is -2.15. The Labute approximate surface area is 125 Å². The summed E-state index contributed by atoms with van der Waals surface area (Å²) < 4.78 is 1.87. The van der Waals surface area contributed by atoms with Gasteiger partial charge < -0.3 is 0 Å². The standard InChI is InChI=1S/C16H20ClN3/c1-19-10-15(9-18-19)12-20-7-6-14(11-20)8-13-2-4-16(17)5-3-13/h2-5,9-10,14H,6-8,11-12H2,1H3. The van der Waals surface area contributed by atoms with E-state index in [0.717, 1.165) is 23.9 Å². The molecule has 4 heteroatoms. The van der Waals surface area contributed by atoms with Crippen LogP contribution in [0.25, 0.3) is 0 Å². The highest BCUT2D eigenvalue weighted by Crippen LogP contribution is 2.23. The predicted molar refractivity (Wildman–Crippen MR) is 81.7 cm³/mol. The van der Waals surface area contributed by atoms with Crippen LogP contribution in [-0.2, 0) is 20.0 Å². The molecule has 20 heavy (non-hydrogen) atoms. The number of likely N-dealkylation sites (tertiary alicyclic amines) is 1. The molecule has 3 nitrogen and oxygen atoms in total. The summed E-state index contributed by atoms with van der Waals surface area (Å²) in [6.45, 7) is 3.38. The van der Waals surface area contributed by atoms with Crippen LogP contribution in [0, 0.1) is 5.92 Å². The molecule has 0 aliphatic carbocycles. The average molecular weight is 290 g/mol. The molecule has 2 heterocycles. The molecule has 1 aromatic carbocycles. The highest BCUT2D eigenvalue weighted by molar-refractivity contribution is 6.30. The van der Waals surface area contributed by atoms with E-state index < -0.39 is 0 Å². The molecule has 1 unspecified atom stereocenters. The second-order valence-corrected chi connectivity index (χ2v) is 6.18. The molecule has 3 rings (SSSR count). The van der Waals surface area contributed by atoms with E-state index in [1.54, 1.807) is 0 Å². The number of aromatic nitrogens is 2. The minimum Gasteiger partial charge on any atom is -0.299 e. The Bertz CT molecular complexity index is 561. The van der Waals surface area contributed by atoms with Gasteiger partial charge in [-0.25, -0.2) is 0 Å². The van der Waals surface area contributed by atoms with Crippen LogP contribution in [-0.4, -0.2) is 27.8 Å². The van der Waals surface area contributed by atoms with Crippen LogP contribution in [0.1, 0.15) is 17.5 Å². The fourth-order valence-corrected chi connectivity index (χ4v) is 3.11. The van der Waals surface area contributed by atoms with Gasteiger partial charge in [0.05, 0.1) is 6.20 Å². The zero-order valence-corrected chi connectivity index (χ0v) is 12.6. The van der Waals surface area contributed by atoms with Crippen LogP contribution < -0.4 is 0 Å². The molecule has 1 aromatic heterocycles. The minimum atomic E-state index is 0.757. The number of benzene rings is 1. The lowest BCUT2D eigenvalue weighted by molar-refractivity contribution is 0.316. The molecule has 1 aliphatic rings. The first-order valence-corrected chi connectivity index (χ1v) is 7.51. The molecule has 0 amide bonds. The summed E-state index contributed by atoms with van der Waals surface area (Å²) in [5, 5.41) is 5.05. The van der Waals surface area contributed by atoms with Crippen molar-refractivity contribution in [2.45, 2.75) is 19.4 Å². The summed E-state index contributed by atoms with van der Waals surface area (Å²) in [6.07, 6.45) is 6.50. The topological polar surface area (TPSA) is 21.1 Å². The van der Waals surface area contributed by atoms with Crippen molar-refractivity contribution in [1.82, 2.24) is 14.7 Å². The maximum atomic E-state index is 5.93. The Morgan fingerprint density at radius 3 is 2.75 bits per heavy atom. The number of nitrogens with zero attached hydrogens (tertiary/aromatic N) is 3. The van der Waals surface area contributed by atoms with E-state index in [2.05, 4.69) is 28.3 Å². The Kier molecular flexibility index (Phi) is 4.08. The quantitative estimate of drug-likeness (QED) is 0.862. The van der Waals surface area contributed by atoms with Crippen molar-refractivity contribution in [2.75, 3.05) is 13.1 Å². The Balaban J connectivity index is 1.53. The third-order valence-electron chi connectivity index (χ3n) is 3.97. The van der Waals surface area contributed by atoms with Gasteiger partial charge in [0.1, 0.15) is 0 Å². The second-order valence-electron chi connectivity index (χ2n) is 5.74. The van der Waals surface area contributed by atoms with E-state index in [-0.39, 0.29) is 0 Å². The monoisotopic (exact) mass is 289 g/mol. The van der Waals surface area contributed by atoms with Crippen molar-refractivity contribution in [3.63, 3.8) is 0 Å². The van der Waals surface area contributed by atoms with Crippen molar-refractivity contribution >= 4 is 11.6 Å². The van der Waals surface area contributed by atoms with Crippen molar-refractivity contribution in [1.29, 1.82) is 0 Å². The summed E-state index contributed by atoms with van der Waals surface area (Å²) in [4.78, 5) is 2.53. The summed E-state index contributed by atoms with van der Waals surface area (Å²) in [5.74, 6) is 0.757. The molecule has 1 aliphatic heterocycles. The third kappa shape index (κ3) is 3.41. The first-order chi connectivity index (χ1) is 9.69. The minimum absolute atomic E-state index is 0.757. The molecule has 0 radical (unpaired) electrons. The van der Waals surface area contributed by atoms with Gasteiger partial charge in [-0.2, -0.15) is 5.10 Å². The van der Waals surface area contributed by atoms with E-state index in [1.807, 2.05) is 30.1 Å². The van der Waals surface area contributed by atoms with Gasteiger partial charge >= 0.3 is 0 Å². The number of hydrogen-bond acceptors (Lipinski definition) is 2. The molecule has 2 aromatic rings. The number of aryl methyl sites for hydroxylation is 1. The van der Waals surface area contributed by atoms with Crippen LogP contribution in [0.2, 0.25) is 5.02 Å². The van der Waals surface area contributed by atoms with Gasteiger partial charge in [-0.05, 0) is 43.0 Å². The lowest BCUT2D eigenvalue weighted by Crippen LogP contribution is -2.20. The van der Waals surface area contributed by atoms with E-state index in [0.29, 0.717) is 0 Å². The molecule has 1 saturated heterocycles. The van der Waals surface area contributed by atoms with Gasteiger partial charge in [0, 0.05) is 36.9 Å². The van der Waals surface area contributed by atoms with Crippen LogP contribution in [0.15, 0.2) is 36.7 Å². The smallest absolute Gasteiger partial charge is 0.0534 e. The second kappa shape index (κ2) is 5.98. The molecule has 1 atom stereocenters. The first-order valence-electron chi connectivity index (χ1n) is 7.13. The maximum absolute atomic E-state index is 5.93. The van der Waals surface area contributed by atoms with Gasteiger partial charge in [-0.15, -0.1) is 0 Å². The SMILES string of the molecule is Cn1cc(CN2CCC(Cc3ccc(Cl)cc3)C2)cn1. The van der Waals surface area contributed by atoms with Crippen molar-refractivity contribution in [2.24, 2.45) is 13.0 Å². The van der Waals surface area contributed by atoms with Gasteiger partial charge in [0.25, 0.3) is 0 Å². The molecule has 106 valence electrons. The van der Waals surface area contributed by atoms with Crippen molar-refractivity contribution in [3.8, 4) is 0 Å². The van der Waals surface area contributed by atoms with Crippen LogP contribution in [0.4, 0.5) is 0 Å². The summed E-state index contributed by atoms with van der Waals surface area (Å²) in [7, 11) is 1.97. The summed E-state index contributed by atoms with van der Waals surface area (Å²) in [5.41, 5.74) is 2.70. The van der Waals surface area contributed by atoms with E-state index in [4.69, 9.17) is 11.6 Å². The van der Waals surface area contributed by atoms with Gasteiger partial charge in [0.15, 0.2) is 0 Å². The van der Waals surface area contributed by atoms with E-state index in [9.17, 15) is 0 Å². The molecule has 0 spiro atoms. The first kappa shape index (κ1) is 13.7. The zero-order valence-electron chi connectivity index (χ0n) is 11.8. The summed E-state index contributed by atoms with van der Waals surface area (Å²) in [6, 6.07) is 8.26. The molecule has 0 N–H and O–H groups in total. The average Bonchev–Trinajstić information content (AvgIpc) is 3.02. The highest BCUT2D eigenvalue weighted by atomic mass is 35.5. The maximum Gasteiger partial charge on any atom is 0.0534 e. The van der Waals surface area contributed by atoms with Gasteiger partial charge in [-0.1, -0.05) is 23.7 Å². The van der Waals surface area contributed by atoms with Crippen LogP contribution in [0.5, 0.6) is 0 Å². The van der Waals surface area contributed by atoms with Crippen LogP contribution >= 0.6 is 11.6 Å². The zero-order chi connectivity index (χ0) is 13.9. The normalized spacial score (nSPS) is 19.6. The number of halogens is 1. The Morgan fingerprint density at radius 1 is 1.25 bits per heavy atom. The number of rotatable bonds is 4. The highest BCUT2D eigenvalue weighted by Gasteiger charge is 2.22. The van der Waals surface area contributed by atoms with E-state index in [1.165, 1.54) is 30.6 Å². The lowest BCUT2D eigenvalue weighted by atomic mass is 9.99. The predicted octanol–water partition coefficient (Wildman–Crippen LogP) is 3.14.